The summed E-state index contributed by atoms with van der Waals surface area (Å²) in [5.41, 5.74) is 13.0. The van der Waals surface area contributed by atoms with Crippen molar-refractivity contribution in [1.29, 1.82) is 0 Å². The first-order chi connectivity index (χ1) is 26.2. The lowest BCUT2D eigenvalue weighted by Crippen LogP contribution is -1.98. The summed E-state index contributed by atoms with van der Waals surface area (Å²) in [6, 6.07) is 65.9. The SMILES string of the molecule is COc1ccc(-n2c3ccccc3c3cc(-c4ccc5c(c4)c4ccccc4n5-c4cccc(-n5c6ccccc6c6ccccc65)c4)ccc32)cc1. The molecular weight excluding hydrogens is 647 g/mol. The molecule has 0 amide bonds. The van der Waals surface area contributed by atoms with Crippen LogP contribution in [0.4, 0.5) is 0 Å². The van der Waals surface area contributed by atoms with Crippen LogP contribution in [-0.4, -0.2) is 20.8 Å². The van der Waals surface area contributed by atoms with Crippen molar-refractivity contribution in [2.75, 3.05) is 7.11 Å². The molecule has 0 saturated heterocycles. The van der Waals surface area contributed by atoms with Gasteiger partial charge in [-0.2, -0.15) is 0 Å². The first kappa shape index (κ1) is 29.7. The molecule has 11 aromatic rings. The summed E-state index contributed by atoms with van der Waals surface area (Å²) < 4.78 is 12.6. The van der Waals surface area contributed by atoms with Crippen molar-refractivity contribution in [3.8, 4) is 33.9 Å². The van der Waals surface area contributed by atoms with E-state index in [4.69, 9.17) is 4.74 Å². The molecule has 0 N–H and O–H groups in total. The Morgan fingerprint density at radius 3 is 1.11 bits per heavy atom. The summed E-state index contributed by atoms with van der Waals surface area (Å²) >= 11 is 0. The average Bonchev–Trinajstić information content (AvgIpc) is 3.86. The Balaban J connectivity index is 1.07. The molecule has 0 bridgehead atoms. The zero-order valence-corrected chi connectivity index (χ0v) is 29.1. The van der Waals surface area contributed by atoms with E-state index < -0.39 is 0 Å². The molecule has 0 fully saturated rings. The normalized spacial score (nSPS) is 11.9. The Bertz CT molecular complexity index is 3160. The lowest BCUT2D eigenvalue weighted by Gasteiger charge is -2.13. The maximum atomic E-state index is 5.45. The van der Waals surface area contributed by atoms with Crippen molar-refractivity contribution >= 4 is 65.4 Å². The van der Waals surface area contributed by atoms with Crippen LogP contribution < -0.4 is 4.74 Å². The van der Waals surface area contributed by atoms with Gasteiger partial charge in [0.1, 0.15) is 5.75 Å². The number of fused-ring (bicyclic) bond motifs is 9. The number of aromatic nitrogens is 3. The highest BCUT2D eigenvalue weighted by atomic mass is 16.5. The highest BCUT2D eigenvalue weighted by Crippen LogP contribution is 2.39. The molecule has 0 radical (unpaired) electrons. The average molecular weight is 680 g/mol. The third kappa shape index (κ3) is 4.42. The lowest BCUT2D eigenvalue weighted by atomic mass is 10.0. The van der Waals surface area contributed by atoms with E-state index in [2.05, 4.69) is 184 Å². The predicted molar refractivity (Wildman–Crippen MR) is 221 cm³/mol. The second-order valence-corrected chi connectivity index (χ2v) is 13.8. The monoisotopic (exact) mass is 679 g/mol. The number of ether oxygens (including phenoxy) is 1. The number of hydrogen-bond acceptors (Lipinski definition) is 1. The molecule has 0 aliphatic heterocycles. The Kier molecular flexibility index (Phi) is 6.43. The number of hydrogen-bond donors (Lipinski definition) is 0. The van der Waals surface area contributed by atoms with Crippen LogP contribution in [0.5, 0.6) is 5.75 Å². The molecule has 0 unspecified atom stereocenters. The van der Waals surface area contributed by atoms with Crippen molar-refractivity contribution in [3.05, 3.63) is 182 Å². The molecule has 4 heteroatoms. The number of rotatable bonds is 5. The quantitative estimate of drug-likeness (QED) is 0.178. The van der Waals surface area contributed by atoms with Gasteiger partial charge in [-0.05, 0) is 102 Å². The predicted octanol–water partition coefficient (Wildman–Crippen LogP) is 12.7. The topological polar surface area (TPSA) is 24.0 Å². The summed E-state index contributed by atoms with van der Waals surface area (Å²) in [7, 11) is 1.71. The van der Waals surface area contributed by atoms with Gasteiger partial charge < -0.3 is 18.4 Å². The van der Waals surface area contributed by atoms with E-state index in [0.29, 0.717) is 0 Å². The fourth-order valence-electron chi connectivity index (χ4n) is 8.56. The van der Waals surface area contributed by atoms with Gasteiger partial charge in [-0.25, -0.2) is 0 Å². The molecule has 11 rings (SSSR count). The molecule has 250 valence electrons. The van der Waals surface area contributed by atoms with E-state index in [9.17, 15) is 0 Å². The van der Waals surface area contributed by atoms with Gasteiger partial charge in [-0.15, -0.1) is 0 Å². The Morgan fingerprint density at radius 2 is 0.679 bits per heavy atom. The summed E-state index contributed by atoms with van der Waals surface area (Å²) in [5, 5.41) is 7.48. The van der Waals surface area contributed by atoms with Crippen molar-refractivity contribution in [1.82, 2.24) is 13.7 Å². The van der Waals surface area contributed by atoms with Gasteiger partial charge in [0.15, 0.2) is 0 Å². The summed E-state index contributed by atoms with van der Waals surface area (Å²) in [5.74, 6) is 0.851. The number of benzene rings is 8. The number of nitrogens with zero attached hydrogens (tertiary/aromatic N) is 3. The van der Waals surface area contributed by atoms with Crippen LogP contribution >= 0.6 is 0 Å². The van der Waals surface area contributed by atoms with Gasteiger partial charge in [0.05, 0.1) is 40.2 Å². The van der Waals surface area contributed by atoms with Crippen molar-refractivity contribution < 1.29 is 4.74 Å². The molecular formula is C49H33N3O. The molecule has 0 aliphatic rings. The number of methoxy groups -OCH3 is 1. The fourth-order valence-corrected chi connectivity index (χ4v) is 8.56. The molecule has 8 aromatic carbocycles. The van der Waals surface area contributed by atoms with E-state index in [-0.39, 0.29) is 0 Å². The van der Waals surface area contributed by atoms with Crippen LogP contribution in [0.25, 0.3) is 93.6 Å². The second-order valence-electron chi connectivity index (χ2n) is 13.8. The van der Waals surface area contributed by atoms with Crippen molar-refractivity contribution in [2.45, 2.75) is 0 Å². The van der Waals surface area contributed by atoms with Gasteiger partial charge >= 0.3 is 0 Å². The molecule has 53 heavy (non-hydrogen) atoms. The highest BCUT2D eigenvalue weighted by molar-refractivity contribution is 6.13. The smallest absolute Gasteiger partial charge is 0.119 e. The molecule has 3 heterocycles. The van der Waals surface area contributed by atoms with Crippen molar-refractivity contribution in [2.24, 2.45) is 0 Å². The first-order valence-corrected chi connectivity index (χ1v) is 18.1. The minimum atomic E-state index is 0.851. The Morgan fingerprint density at radius 1 is 0.302 bits per heavy atom. The van der Waals surface area contributed by atoms with Gasteiger partial charge in [-0.1, -0.05) is 91.0 Å². The Labute approximate surface area is 305 Å². The van der Waals surface area contributed by atoms with Crippen LogP contribution in [-0.2, 0) is 0 Å². The molecule has 3 aromatic heterocycles. The van der Waals surface area contributed by atoms with Crippen LogP contribution in [0.15, 0.2) is 182 Å². The maximum Gasteiger partial charge on any atom is 0.119 e. The van der Waals surface area contributed by atoms with Gasteiger partial charge in [0.2, 0.25) is 0 Å². The van der Waals surface area contributed by atoms with E-state index in [1.165, 1.54) is 76.5 Å². The summed E-state index contributed by atoms with van der Waals surface area (Å²) in [4.78, 5) is 0. The second kappa shape index (κ2) is 11.5. The van der Waals surface area contributed by atoms with Gasteiger partial charge in [-0.3, -0.25) is 0 Å². The van der Waals surface area contributed by atoms with Gasteiger partial charge in [0.25, 0.3) is 0 Å². The standard InChI is InChI=1S/C49H33N3O/c1-53-37-25-23-34(24-26-37)50-46-19-8-4-15-40(46)42-29-32(21-27-48(42)50)33-22-28-49-43(30-33)41-16-5-9-20-47(41)52(49)36-12-10-11-35(31-36)51-44-17-6-2-13-38(44)39-14-3-7-18-45(39)51/h2-31H,1H3. The van der Waals surface area contributed by atoms with E-state index in [1.807, 2.05) is 12.1 Å². The summed E-state index contributed by atoms with van der Waals surface area (Å²) in [6.45, 7) is 0. The Hall–Kier alpha value is -7.04. The summed E-state index contributed by atoms with van der Waals surface area (Å²) in [6.07, 6.45) is 0. The van der Waals surface area contributed by atoms with Crippen LogP contribution in [0.1, 0.15) is 0 Å². The van der Waals surface area contributed by atoms with Gasteiger partial charge in [0, 0.05) is 49.4 Å². The molecule has 0 aliphatic carbocycles. The lowest BCUT2D eigenvalue weighted by molar-refractivity contribution is 0.415. The zero-order valence-electron chi connectivity index (χ0n) is 29.1. The van der Waals surface area contributed by atoms with Crippen LogP contribution in [0.2, 0.25) is 0 Å². The third-order valence-corrected chi connectivity index (χ3v) is 10.9. The third-order valence-electron chi connectivity index (χ3n) is 10.9. The minimum absolute atomic E-state index is 0.851. The minimum Gasteiger partial charge on any atom is -0.497 e. The van der Waals surface area contributed by atoms with Crippen molar-refractivity contribution in [3.63, 3.8) is 0 Å². The largest absolute Gasteiger partial charge is 0.497 e. The van der Waals surface area contributed by atoms with Crippen LogP contribution in [0.3, 0.4) is 0 Å². The first-order valence-electron chi connectivity index (χ1n) is 18.1. The molecule has 4 nitrogen and oxygen atoms in total. The van der Waals surface area contributed by atoms with E-state index in [0.717, 1.165) is 22.8 Å². The fraction of sp³-hybridized carbons (Fsp3) is 0.0204. The highest BCUT2D eigenvalue weighted by Gasteiger charge is 2.17. The molecule has 0 atom stereocenters. The van der Waals surface area contributed by atoms with E-state index in [1.54, 1.807) is 7.11 Å². The molecule has 0 spiro atoms. The number of para-hydroxylation sites is 4. The zero-order chi connectivity index (χ0) is 35.0. The van der Waals surface area contributed by atoms with E-state index >= 15 is 0 Å². The van der Waals surface area contributed by atoms with Crippen LogP contribution in [0, 0.1) is 0 Å². The maximum absolute atomic E-state index is 5.45. The molecule has 0 saturated carbocycles.